The third-order valence-corrected chi connectivity index (χ3v) is 3.65. The van der Waals surface area contributed by atoms with Crippen LogP contribution in [0, 0.1) is 11.3 Å². The highest BCUT2D eigenvalue weighted by molar-refractivity contribution is 7.99. The van der Waals surface area contributed by atoms with Gasteiger partial charge in [0.15, 0.2) is 0 Å². The van der Waals surface area contributed by atoms with E-state index < -0.39 is 0 Å². The van der Waals surface area contributed by atoms with E-state index >= 15 is 0 Å². The van der Waals surface area contributed by atoms with Crippen molar-refractivity contribution in [1.82, 2.24) is 4.90 Å². The fourth-order valence-corrected chi connectivity index (χ4v) is 2.85. The Bertz CT molecular complexity index is 170. The van der Waals surface area contributed by atoms with Gasteiger partial charge in [0.2, 0.25) is 0 Å². The molecule has 1 fully saturated rings. The van der Waals surface area contributed by atoms with Crippen molar-refractivity contribution < 1.29 is 0 Å². The summed E-state index contributed by atoms with van der Waals surface area (Å²) >= 11 is 2.00. The number of hydrogen-bond acceptors (Lipinski definition) is 3. The lowest BCUT2D eigenvalue weighted by Gasteiger charge is -2.27. The smallest absolute Gasteiger partial charge is 0.0975 e. The van der Waals surface area contributed by atoms with Crippen molar-refractivity contribution in [2.75, 3.05) is 18.6 Å². The predicted octanol–water partition coefficient (Wildman–Crippen LogP) is 1.73. The summed E-state index contributed by atoms with van der Waals surface area (Å²) in [6.45, 7) is 2.08. The van der Waals surface area contributed by atoms with Crippen LogP contribution in [0.4, 0.5) is 0 Å². The quantitative estimate of drug-likeness (QED) is 0.668. The van der Waals surface area contributed by atoms with Gasteiger partial charge in [0, 0.05) is 11.8 Å². The van der Waals surface area contributed by atoms with Crippen LogP contribution in [0.15, 0.2) is 0 Å². The molecule has 1 saturated heterocycles. The third kappa shape index (κ3) is 2.15. The Hall–Kier alpha value is -0.200. The summed E-state index contributed by atoms with van der Waals surface area (Å²) in [6.07, 6.45) is 2.19. The average Bonchev–Trinajstić information content (AvgIpc) is 2.58. The molecule has 2 atom stereocenters. The molecule has 1 aliphatic rings. The fourth-order valence-electron chi connectivity index (χ4n) is 1.57. The van der Waals surface area contributed by atoms with Crippen LogP contribution in [0.25, 0.3) is 0 Å². The van der Waals surface area contributed by atoms with Gasteiger partial charge in [0.25, 0.3) is 0 Å². The van der Waals surface area contributed by atoms with Gasteiger partial charge >= 0.3 is 0 Å². The van der Waals surface area contributed by atoms with Crippen molar-refractivity contribution in [3.8, 4) is 6.07 Å². The highest BCUT2D eigenvalue weighted by Gasteiger charge is 2.24. The Morgan fingerprint density at radius 3 is 2.92 bits per heavy atom. The van der Waals surface area contributed by atoms with E-state index in [9.17, 15) is 0 Å². The molecular formula is C9H16N2S. The van der Waals surface area contributed by atoms with Crippen molar-refractivity contribution in [2.24, 2.45) is 0 Å². The lowest BCUT2D eigenvalue weighted by atomic mass is 10.1. The van der Waals surface area contributed by atoms with Crippen LogP contribution >= 0.6 is 11.8 Å². The summed E-state index contributed by atoms with van der Waals surface area (Å²) in [4.78, 5) is 2.24. The summed E-state index contributed by atoms with van der Waals surface area (Å²) in [5, 5.41) is 8.86. The van der Waals surface area contributed by atoms with Gasteiger partial charge in [-0.1, -0.05) is 6.92 Å². The molecule has 68 valence electrons. The van der Waals surface area contributed by atoms with Gasteiger partial charge in [0.1, 0.15) is 0 Å². The lowest BCUT2D eigenvalue weighted by molar-refractivity contribution is 0.219. The first kappa shape index (κ1) is 9.88. The topological polar surface area (TPSA) is 27.0 Å². The summed E-state index contributed by atoms with van der Waals surface area (Å²) in [6, 6.07) is 3.10. The summed E-state index contributed by atoms with van der Waals surface area (Å²) in [5.74, 6) is 2.46. The zero-order valence-electron chi connectivity index (χ0n) is 7.79. The lowest BCUT2D eigenvalue weighted by Crippen LogP contribution is -2.39. The van der Waals surface area contributed by atoms with E-state index in [1.807, 2.05) is 11.8 Å². The Morgan fingerprint density at radius 1 is 1.75 bits per heavy atom. The molecule has 0 saturated carbocycles. The first-order valence-electron chi connectivity index (χ1n) is 4.49. The number of hydrogen-bond donors (Lipinski definition) is 0. The van der Waals surface area contributed by atoms with Gasteiger partial charge in [-0.05, 0) is 25.6 Å². The van der Waals surface area contributed by atoms with E-state index in [1.165, 1.54) is 17.9 Å². The molecule has 2 unspecified atom stereocenters. The van der Waals surface area contributed by atoms with Crippen molar-refractivity contribution in [3.05, 3.63) is 0 Å². The average molecular weight is 184 g/mol. The second kappa shape index (κ2) is 4.74. The number of nitriles is 1. The minimum atomic E-state index is 0.119. The molecular weight excluding hydrogens is 168 g/mol. The van der Waals surface area contributed by atoms with Crippen LogP contribution in [0.2, 0.25) is 0 Å². The molecule has 0 aromatic carbocycles. The van der Waals surface area contributed by atoms with E-state index in [1.54, 1.807) is 0 Å². The minimum Gasteiger partial charge on any atom is -0.287 e. The van der Waals surface area contributed by atoms with E-state index in [0.29, 0.717) is 6.04 Å². The Balaban J connectivity index is 2.44. The maximum absolute atomic E-state index is 8.86. The molecule has 0 aromatic heterocycles. The van der Waals surface area contributed by atoms with E-state index in [4.69, 9.17) is 5.26 Å². The van der Waals surface area contributed by atoms with Crippen LogP contribution in [0.3, 0.4) is 0 Å². The normalized spacial score (nSPS) is 25.7. The summed E-state index contributed by atoms with van der Waals surface area (Å²) in [7, 11) is 2.08. The van der Waals surface area contributed by atoms with Gasteiger partial charge in [0.05, 0.1) is 12.1 Å². The largest absolute Gasteiger partial charge is 0.287 e. The molecule has 1 rings (SSSR count). The van der Waals surface area contributed by atoms with Gasteiger partial charge in [-0.3, -0.25) is 4.90 Å². The molecule has 1 aliphatic heterocycles. The highest BCUT2D eigenvalue weighted by Crippen LogP contribution is 2.23. The number of nitrogens with zero attached hydrogens (tertiary/aromatic N) is 2. The van der Waals surface area contributed by atoms with E-state index in [-0.39, 0.29) is 6.04 Å². The molecule has 0 aliphatic carbocycles. The zero-order valence-corrected chi connectivity index (χ0v) is 8.60. The Kier molecular flexibility index (Phi) is 3.90. The first-order chi connectivity index (χ1) is 5.79. The summed E-state index contributed by atoms with van der Waals surface area (Å²) in [5.41, 5.74) is 0. The molecule has 3 heteroatoms. The zero-order chi connectivity index (χ0) is 8.97. The maximum atomic E-state index is 8.86. The molecule has 12 heavy (non-hydrogen) atoms. The molecule has 0 bridgehead atoms. The molecule has 2 nitrogen and oxygen atoms in total. The van der Waals surface area contributed by atoms with Crippen molar-refractivity contribution in [3.63, 3.8) is 0 Å². The van der Waals surface area contributed by atoms with Crippen LogP contribution in [-0.4, -0.2) is 35.5 Å². The first-order valence-corrected chi connectivity index (χ1v) is 5.64. The van der Waals surface area contributed by atoms with E-state index in [0.717, 1.165) is 6.42 Å². The van der Waals surface area contributed by atoms with Gasteiger partial charge in [-0.25, -0.2) is 0 Å². The van der Waals surface area contributed by atoms with E-state index in [2.05, 4.69) is 24.9 Å². The molecule has 0 N–H and O–H groups in total. The second-order valence-electron chi connectivity index (χ2n) is 3.24. The van der Waals surface area contributed by atoms with Crippen molar-refractivity contribution in [2.45, 2.75) is 31.8 Å². The SMILES string of the molecule is CCC(C#N)N(C)C1CCSC1. The van der Waals surface area contributed by atoms with Crippen molar-refractivity contribution >= 4 is 11.8 Å². The Morgan fingerprint density at radius 2 is 2.50 bits per heavy atom. The van der Waals surface area contributed by atoms with Crippen LogP contribution in [-0.2, 0) is 0 Å². The molecule has 0 radical (unpaired) electrons. The third-order valence-electron chi connectivity index (χ3n) is 2.51. The molecule has 0 spiro atoms. The van der Waals surface area contributed by atoms with Crippen LogP contribution in [0.5, 0.6) is 0 Å². The monoisotopic (exact) mass is 184 g/mol. The van der Waals surface area contributed by atoms with Gasteiger partial charge in [-0.15, -0.1) is 0 Å². The highest BCUT2D eigenvalue weighted by atomic mass is 32.2. The molecule has 0 aromatic rings. The van der Waals surface area contributed by atoms with Crippen LogP contribution < -0.4 is 0 Å². The molecule has 0 amide bonds. The van der Waals surface area contributed by atoms with Crippen molar-refractivity contribution in [1.29, 1.82) is 5.26 Å². The minimum absolute atomic E-state index is 0.119. The predicted molar refractivity (Wildman–Crippen MR) is 53.2 cm³/mol. The fraction of sp³-hybridized carbons (Fsp3) is 0.889. The summed E-state index contributed by atoms with van der Waals surface area (Å²) < 4.78 is 0. The second-order valence-corrected chi connectivity index (χ2v) is 4.39. The molecule has 1 heterocycles. The number of rotatable bonds is 3. The van der Waals surface area contributed by atoms with Gasteiger partial charge < -0.3 is 0 Å². The van der Waals surface area contributed by atoms with Gasteiger partial charge in [-0.2, -0.15) is 17.0 Å². The number of thioether (sulfide) groups is 1. The maximum Gasteiger partial charge on any atom is 0.0975 e. The Labute approximate surface area is 78.9 Å². The van der Waals surface area contributed by atoms with Crippen LogP contribution in [0.1, 0.15) is 19.8 Å². The standard InChI is InChI=1S/C9H16N2S/c1-3-8(6-10)11(2)9-4-5-12-7-9/h8-9H,3-5,7H2,1-2H3.